The number of rotatable bonds is 6. The maximum absolute atomic E-state index is 5.94. The van der Waals surface area contributed by atoms with Crippen molar-refractivity contribution in [3.63, 3.8) is 0 Å². The molecule has 0 amide bonds. The van der Waals surface area contributed by atoms with Gasteiger partial charge in [-0.2, -0.15) is 0 Å². The first kappa shape index (κ1) is 14.5. The molecule has 0 aliphatic heterocycles. The van der Waals surface area contributed by atoms with Gasteiger partial charge >= 0.3 is 0 Å². The second kappa shape index (κ2) is 7.65. The quantitative estimate of drug-likeness (QED) is 0.814. The molecule has 0 atom stereocenters. The van der Waals surface area contributed by atoms with Gasteiger partial charge in [-0.3, -0.25) is 0 Å². The van der Waals surface area contributed by atoms with Gasteiger partial charge in [0.2, 0.25) is 0 Å². The number of nitrogens with zero attached hydrogens (tertiary/aromatic N) is 3. The minimum Gasteiger partial charge on any atom is -0.367 e. The van der Waals surface area contributed by atoms with Crippen LogP contribution in [0.25, 0.3) is 0 Å². The summed E-state index contributed by atoms with van der Waals surface area (Å²) in [6.07, 6.45) is 11.3. The highest BCUT2D eigenvalue weighted by atomic mass is 35.5. The molecule has 1 aliphatic carbocycles. The van der Waals surface area contributed by atoms with Crippen molar-refractivity contribution in [1.29, 1.82) is 0 Å². The smallest absolute Gasteiger partial charge is 0.171 e. The third-order valence-electron chi connectivity index (χ3n) is 3.83. The highest BCUT2D eigenvalue weighted by molar-refractivity contribution is 6.31. The Bertz CT molecular complexity index is 379. The van der Waals surface area contributed by atoms with Crippen LogP contribution in [0.5, 0.6) is 0 Å². The lowest BCUT2D eigenvalue weighted by Gasteiger charge is -2.31. The van der Waals surface area contributed by atoms with Crippen LogP contribution in [0, 0.1) is 0 Å². The average molecular weight is 283 g/mol. The van der Waals surface area contributed by atoms with Gasteiger partial charge in [-0.05, 0) is 32.9 Å². The highest BCUT2D eigenvalue weighted by Crippen LogP contribution is 2.21. The molecule has 1 saturated carbocycles. The molecule has 19 heavy (non-hydrogen) atoms. The third kappa shape index (κ3) is 4.62. The molecule has 2 rings (SSSR count). The van der Waals surface area contributed by atoms with E-state index in [1.54, 1.807) is 12.4 Å². The summed E-state index contributed by atoms with van der Waals surface area (Å²) in [6, 6.07) is 0.786. The van der Waals surface area contributed by atoms with E-state index in [9.17, 15) is 0 Å². The van der Waals surface area contributed by atoms with Gasteiger partial charge in [0.05, 0.1) is 0 Å². The van der Waals surface area contributed by atoms with Crippen LogP contribution in [0.3, 0.4) is 0 Å². The SMILES string of the molecule is CN(CCCNc1nccnc1Cl)C1CCCCC1. The summed E-state index contributed by atoms with van der Waals surface area (Å²) in [5.41, 5.74) is 0. The third-order valence-corrected chi connectivity index (χ3v) is 4.11. The molecule has 0 radical (unpaired) electrons. The topological polar surface area (TPSA) is 41.0 Å². The zero-order valence-corrected chi connectivity index (χ0v) is 12.4. The van der Waals surface area contributed by atoms with E-state index in [0.29, 0.717) is 11.0 Å². The summed E-state index contributed by atoms with van der Waals surface area (Å²) in [7, 11) is 2.24. The van der Waals surface area contributed by atoms with E-state index in [1.165, 1.54) is 32.1 Å². The predicted molar refractivity (Wildman–Crippen MR) is 79.7 cm³/mol. The van der Waals surface area contributed by atoms with Crippen molar-refractivity contribution in [2.24, 2.45) is 0 Å². The van der Waals surface area contributed by atoms with E-state index >= 15 is 0 Å². The number of hydrogen-bond acceptors (Lipinski definition) is 4. The fraction of sp³-hybridized carbons (Fsp3) is 0.714. The van der Waals surface area contributed by atoms with Crippen molar-refractivity contribution in [3.05, 3.63) is 17.5 Å². The van der Waals surface area contributed by atoms with Crippen molar-refractivity contribution in [2.75, 3.05) is 25.5 Å². The van der Waals surface area contributed by atoms with Gasteiger partial charge in [-0.15, -0.1) is 0 Å². The zero-order valence-electron chi connectivity index (χ0n) is 11.6. The summed E-state index contributed by atoms with van der Waals surface area (Å²) in [6.45, 7) is 2.00. The van der Waals surface area contributed by atoms with E-state index in [0.717, 1.165) is 25.6 Å². The van der Waals surface area contributed by atoms with Crippen molar-refractivity contribution in [3.8, 4) is 0 Å². The molecule has 4 nitrogen and oxygen atoms in total. The maximum atomic E-state index is 5.94. The molecule has 1 aromatic heterocycles. The molecule has 1 aromatic rings. The van der Waals surface area contributed by atoms with Crippen LogP contribution in [0.4, 0.5) is 5.82 Å². The minimum absolute atomic E-state index is 0.447. The molecule has 106 valence electrons. The van der Waals surface area contributed by atoms with Gasteiger partial charge < -0.3 is 10.2 Å². The molecule has 0 saturated heterocycles. The van der Waals surface area contributed by atoms with Crippen LogP contribution in [-0.4, -0.2) is 41.0 Å². The molecule has 5 heteroatoms. The number of anilines is 1. The summed E-state index contributed by atoms with van der Waals surface area (Å²) in [5, 5.41) is 3.69. The fourth-order valence-electron chi connectivity index (χ4n) is 2.68. The van der Waals surface area contributed by atoms with Gasteiger partial charge in [0.15, 0.2) is 11.0 Å². The van der Waals surface area contributed by atoms with E-state index in [-0.39, 0.29) is 0 Å². The van der Waals surface area contributed by atoms with Gasteiger partial charge in [0.25, 0.3) is 0 Å². The van der Waals surface area contributed by atoms with E-state index in [1.807, 2.05) is 0 Å². The Morgan fingerprint density at radius 1 is 1.26 bits per heavy atom. The van der Waals surface area contributed by atoms with E-state index in [2.05, 4.69) is 27.2 Å². The first-order chi connectivity index (χ1) is 9.27. The Labute approximate surface area is 120 Å². The summed E-state index contributed by atoms with van der Waals surface area (Å²) in [4.78, 5) is 10.7. The molecular weight excluding hydrogens is 260 g/mol. The van der Waals surface area contributed by atoms with Crippen LogP contribution in [0.2, 0.25) is 5.15 Å². The molecule has 1 aliphatic rings. The van der Waals surface area contributed by atoms with Crippen molar-refractivity contribution < 1.29 is 0 Å². The first-order valence-electron chi connectivity index (χ1n) is 7.18. The maximum Gasteiger partial charge on any atom is 0.171 e. The van der Waals surface area contributed by atoms with Gasteiger partial charge in [-0.1, -0.05) is 30.9 Å². The lowest BCUT2D eigenvalue weighted by atomic mass is 9.94. The van der Waals surface area contributed by atoms with Crippen molar-refractivity contribution in [1.82, 2.24) is 14.9 Å². The van der Waals surface area contributed by atoms with Gasteiger partial charge in [-0.25, -0.2) is 9.97 Å². The lowest BCUT2D eigenvalue weighted by Crippen LogP contribution is -2.34. The van der Waals surface area contributed by atoms with Crippen LogP contribution in [0.15, 0.2) is 12.4 Å². The molecule has 0 spiro atoms. The van der Waals surface area contributed by atoms with Gasteiger partial charge in [0.1, 0.15) is 0 Å². The second-order valence-corrected chi connectivity index (χ2v) is 5.61. The fourth-order valence-corrected chi connectivity index (χ4v) is 2.85. The number of nitrogens with one attached hydrogen (secondary N) is 1. The largest absolute Gasteiger partial charge is 0.367 e. The minimum atomic E-state index is 0.447. The molecule has 1 N–H and O–H groups in total. The van der Waals surface area contributed by atoms with Crippen LogP contribution in [-0.2, 0) is 0 Å². The Hall–Kier alpha value is -0.870. The van der Waals surface area contributed by atoms with Crippen molar-refractivity contribution >= 4 is 17.4 Å². The Morgan fingerprint density at radius 3 is 2.74 bits per heavy atom. The molecular formula is C14H23ClN4. The number of aromatic nitrogens is 2. The molecule has 0 unspecified atom stereocenters. The number of halogens is 1. The zero-order chi connectivity index (χ0) is 13.5. The normalized spacial score (nSPS) is 16.8. The standard InChI is InChI=1S/C14H23ClN4/c1-19(12-6-3-2-4-7-12)11-5-8-17-14-13(15)16-9-10-18-14/h9-10,12H,2-8,11H2,1H3,(H,17,18). The number of hydrogen-bond donors (Lipinski definition) is 1. The molecule has 1 heterocycles. The predicted octanol–water partition coefficient (Wildman–Crippen LogP) is 3.20. The second-order valence-electron chi connectivity index (χ2n) is 5.25. The molecule has 0 aromatic carbocycles. The summed E-state index contributed by atoms with van der Waals surface area (Å²) >= 11 is 5.94. The Balaban J connectivity index is 1.65. The van der Waals surface area contributed by atoms with Gasteiger partial charge in [0, 0.05) is 25.0 Å². The molecule has 1 fully saturated rings. The highest BCUT2D eigenvalue weighted by Gasteiger charge is 2.17. The van der Waals surface area contributed by atoms with Crippen LogP contribution >= 0.6 is 11.6 Å². The van der Waals surface area contributed by atoms with Crippen LogP contribution < -0.4 is 5.32 Å². The monoisotopic (exact) mass is 282 g/mol. The first-order valence-corrected chi connectivity index (χ1v) is 7.56. The summed E-state index contributed by atoms with van der Waals surface area (Å²) in [5.74, 6) is 0.685. The van der Waals surface area contributed by atoms with Crippen molar-refractivity contribution in [2.45, 2.75) is 44.6 Å². The molecule has 0 bridgehead atoms. The van der Waals surface area contributed by atoms with E-state index in [4.69, 9.17) is 11.6 Å². The Morgan fingerprint density at radius 2 is 2.00 bits per heavy atom. The van der Waals surface area contributed by atoms with Crippen LogP contribution in [0.1, 0.15) is 38.5 Å². The lowest BCUT2D eigenvalue weighted by molar-refractivity contribution is 0.191. The summed E-state index contributed by atoms with van der Waals surface area (Å²) < 4.78 is 0. The van der Waals surface area contributed by atoms with E-state index < -0.39 is 0 Å². The Kier molecular flexibility index (Phi) is 5.86. The average Bonchev–Trinajstić information content (AvgIpc) is 2.46.